The highest BCUT2D eigenvalue weighted by Gasteiger charge is 2.18. The van der Waals surface area contributed by atoms with Crippen molar-refractivity contribution in [2.45, 2.75) is 25.8 Å². The lowest BCUT2D eigenvalue weighted by molar-refractivity contribution is 0.716. The third kappa shape index (κ3) is 2.65. The van der Waals surface area contributed by atoms with Gasteiger partial charge in [0.1, 0.15) is 0 Å². The predicted octanol–water partition coefficient (Wildman–Crippen LogP) is 4.65. The van der Waals surface area contributed by atoms with Crippen LogP contribution in [-0.4, -0.2) is 0 Å². The summed E-state index contributed by atoms with van der Waals surface area (Å²) in [6, 6.07) is 15.3. The lowest BCUT2D eigenvalue weighted by atomic mass is 9.97. The van der Waals surface area contributed by atoms with E-state index < -0.39 is 0 Å². The minimum Gasteiger partial charge on any atom is -0.324 e. The molecule has 2 aromatic carbocycles. The van der Waals surface area contributed by atoms with Crippen LogP contribution in [0.2, 0.25) is 0 Å². The molecule has 0 spiro atoms. The fourth-order valence-electron chi connectivity index (χ4n) is 2.89. The summed E-state index contributed by atoms with van der Waals surface area (Å²) in [7, 11) is 0. The maximum atomic E-state index is 6.23. The van der Waals surface area contributed by atoms with Gasteiger partial charge in [0.05, 0.1) is 0 Å². The number of rotatable bonds is 3. The first-order chi connectivity index (χ1) is 9.15. The average Bonchev–Trinajstić information content (AvgIpc) is 2.75. The topological polar surface area (TPSA) is 26.0 Å². The Labute approximate surface area is 126 Å². The smallest absolute Gasteiger partial charge is 0.0332 e. The third-order valence-corrected chi connectivity index (χ3v) is 3.81. The van der Waals surface area contributed by atoms with Gasteiger partial charge in [0, 0.05) is 6.04 Å². The van der Waals surface area contributed by atoms with Crippen LogP contribution in [0, 0.1) is 0 Å². The van der Waals surface area contributed by atoms with Crippen LogP contribution in [0.15, 0.2) is 54.6 Å². The van der Waals surface area contributed by atoms with Crippen molar-refractivity contribution in [1.82, 2.24) is 0 Å². The highest BCUT2D eigenvalue weighted by molar-refractivity contribution is 5.85. The Balaban J connectivity index is 0.00000147. The highest BCUT2D eigenvalue weighted by Crippen LogP contribution is 2.37. The molecule has 3 rings (SSSR count). The quantitative estimate of drug-likeness (QED) is 0.697. The molecule has 0 saturated carbocycles. The Bertz CT molecular complexity index is 646. The molecule has 2 aromatic rings. The van der Waals surface area contributed by atoms with E-state index >= 15 is 0 Å². The summed E-state index contributed by atoms with van der Waals surface area (Å²) in [6.45, 7) is 5.98. The Morgan fingerprint density at radius 1 is 1.15 bits per heavy atom. The van der Waals surface area contributed by atoms with Gasteiger partial charge < -0.3 is 5.73 Å². The molecule has 0 aromatic heterocycles. The van der Waals surface area contributed by atoms with Crippen molar-refractivity contribution in [2.75, 3.05) is 0 Å². The SMILES string of the molecule is C=C(C)C[C@@H](N)c1ccc2c(c1)Cc1ccccc1-2.Cl. The van der Waals surface area contributed by atoms with Gasteiger partial charge >= 0.3 is 0 Å². The number of nitrogens with two attached hydrogens (primary N) is 1. The summed E-state index contributed by atoms with van der Waals surface area (Å²) in [6.07, 6.45) is 1.88. The number of benzene rings is 2. The molecule has 104 valence electrons. The minimum absolute atomic E-state index is 0. The molecule has 0 bridgehead atoms. The zero-order valence-corrected chi connectivity index (χ0v) is 12.5. The largest absolute Gasteiger partial charge is 0.324 e. The van der Waals surface area contributed by atoms with E-state index in [9.17, 15) is 0 Å². The molecule has 0 aliphatic heterocycles. The van der Waals surface area contributed by atoms with Gasteiger partial charge in [-0.05, 0) is 47.6 Å². The molecule has 0 fully saturated rings. The Hall–Kier alpha value is -1.57. The van der Waals surface area contributed by atoms with Crippen molar-refractivity contribution in [3.63, 3.8) is 0 Å². The second-order valence-electron chi connectivity index (χ2n) is 5.52. The molecule has 1 nitrogen and oxygen atoms in total. The van der Waals surface area contributed by atoms with E-state index in [0.29, 0.717) is 0 Å². The van der Waals surface area contributed by atoms with Crippen molar-refractivity contribution in [2.24, 2.45) is 5.73 Å². The maximum Gasteiger partial charge on any atom is 0.0332 e. The summed E-state index contributed by atoms with van der Waals surface area (Å²) in [5.74, 6) is 0. The van der Waals surface area contributed by atoms with Crippen molar-refractivity contribution in [3.05, 3.63) is 71.3 Å². The van der Waals surface area contributed by atoms with Gasteiger partial charge in [0.2, 0.25) is 0 Å². The van der Waals surface area contributed by atoms with Crippen LogP contribution in [-0.2, 0) is 6.42 Å². The molecular weight excluding hydrogens is 266 g/mol. The van der Waals surface area contributed by atoms with E-state index in [1.54, 1.807) is 0 Å². The maximum absolute atomic E-state index is 6.23. The molecule has 2 heteroatoms. The van der Waals surface area contributed by atoms with E-state index in [0.717, 1.165) is 18.4 Å². The molecule has 20 heavy (non-hydrogen) atoms. The van der Waals surface area contributed by atoms with Crippen LogP contribution >= 0.6 is 12.4 Å². The lowest BCUT2D eigenvalue weighted by Gasteiger charge is -2.13. The summed E-state index contributed by atoms with van der Waals surface area (Å²) < 4.78 is 0. The van der Waals surface area contributed by atoms with Crippen LogP contribution in [0.25, 0.3) is 11.1 Å². The van der Waals surface area contributed by atoms with E-state index in [1.165, 1.54) is 27.8 Å². The molecule has 0 saturated heterocycles. The van der Waals surface area contributed by atoms with Gasteiger partial charge in [0.15, 0.2) is 0 Å². The Morgan fingerprint density at radius 2 is 1.85 bits per heavy atom. The van der Waals surface area contributed by atoms with Crippen LogP contribution in [0.5, 0.6) is 0 Å². The first kappa shape index (κ1) is 14.8. The average molecular weight is 286 g/mol. The normalized spacial score (nSPS) is 13.1. The third-order valence-electron chi connectivity index (χ3n) is 3.81. The van der Waals surface area contributed by atoms with E-state index in [1.807, 2.05) is 6.92 Å². The Kier molecular flexibility index (Phi) is 4.32. The zero-order valence-electron chi connectivity index (χ0n) is 11.7. The summed E-state index contributed by atoms with van der Waals surface area (Å²) in [5, 5.41) is 0. The van der Waals surface area contributed by atoms with Crippen LogP contribution in [0.3, 0.4) is 0 Å². The molecule has 0 radical (unpaired) electrons. The first-order valence-corrected chi connectivity index (χ1v) is 6.76. The minimum atomic E-state index is 0. The molecular formula is C18H20ClN. The van der Waals surface area contributed by atoms with Gasteiger partial charge in [-0.1, -0.05) is 48.0 Å². The van der Waals surface area contributed by atoms with Gasteiger partial charge in [-0.3, -0.25) is 0 Å². The van der Waals surface area contributed by atoms with Crippen molar-refractivity contribution < 1.29 is 0 Å². The van der Waals surface area contributed by atoms with E-state index in [2.05, 4.69) is 49.0 Å². The van der Waals surface area contributed by atoms with Crippen LogP contribution in [0.4, 0.5) is 0 Å². The van der Waals surface area contributed by atoms with Gasteiger partial charge in [-0.15, -0.1) is 19.0 Å². The first-order valence-electron chi connectivity index (χ1n) is 6.76. The van der Waals surface area contributed by atoms with Crippen molar-refractivity contribution in [1.29, 1.82) is 0 Å². The molecule has 2 N–H and O–H groups in total. The molecule has 0 heterocycles. The molecule has 0 amide bonds. The summed E-state index contributed by atoms with van der Waals surface area (Å²) in [5.41, 5.74) is 14.1. The molecule has 1 aliphatic rings. The Morgan fingerprint density at radius 3 is 2.60 bits per heavy atom. The number of fused-ring (bicyclic) bond motifs is 3. The molecule has 0 unspecified atom stereocenters. The number of hydrogen-bond acceptors (Lipinski definition) is 1. The number of hydrogen-bond donors (Lipinski definition) is 1. The lowest BCUT2D eigenvalue weighted by Crippen LogP contribution is -2.10. The van der Waals surface area contributed by atoms with E-state index in [-0.39, 0.29) is 18.4 Å². The predicted molar refractivity (Wildman–Crippen MR) is 88.3 cm³/mol. The van der Waals surface area contributed by atoms with Crippen LogP contribution in [0.1, 0.15) is 36.1 Å². The van der Waals surface area contributed by atoms with Crippen molar-refractivity contribution in [3.8, 4) is 11.1 Å². The van der Waals surface area contributed by atoms with Gasteiger partial charge in [-0.2, -0.15) is 0 Å². The second kappa shape index (κ2) is 5.82. The fourth-order valence-corrected chi connectivity index (χ4v) is 2.89. The molecule has 1 aliphatic carbocycles. The second-order valence-corrected chi connectivity index (χ2v) is 5.52. The van der Waals surface area contributed by atoms with Gasteiger partial charge in [-0.25, -0.2) is 0 Å². The monoisotopic (exact) mass is 285 g/mol. The van der Waals surface area contributed by atoms with Crippen molar-refractivity contribution >= 4 is 12.4 Å². The number of halogens is 1. The summed E-state index contributed by atoms with van der Waals surface area (Å²) >= 11 is 0. The van der Waals surface area contributed by atoms with E-state index in [4.69, 9.17) is 5.73 Å². The van der Waals surface area contributed by atoms with Gasteiger partial charge in [0.25, 0.3) is 0 Å². The standard InChI is InChI=1S/C18H19N.ClH/c1-12(2)9-18(19)14-7-8-17-15(11-14)10-13-5-3-4-6-16(13)17;/h3-8,11,18H,1,9-10,19H2,2H3;1H/t18-;/m1./s1. The summed E-state index contributed by atoms with van der Waals surface area (Å²) in [4.78, 5) is 0. The highest BCUT2D eigenvalue weighted by atomic mass is 35.5. The zero-order chi connectivity index (χ0) is 13.4. The van der Waals surface area contributed by atoms with Crippen LogP contribution < -0.4 is 5.73 Å². The fraction of sp³-hybridized carbons (Fsp3) is 0.222. The molecule has 1 atom stereocenters.